The Kier molecular flexibility index (Phi) is 6.94. The molecule has 0 atom stereocenters. The second-order valence-corrected chi connectivity index (χ2v) is 8.23. The van der Waals surface area contributed by atoms with Crippen LogP contribution in [0, 0.1) is 0 Å². The van der Waals surface area contributed by atoms with Crippen LogP contribution >= 0.6 is 11.8 Å². The first kappa shape index (κ1) is 21.1. The molecule has 1 aliphatic rings. The van der Waals surface area contributed by atoms with Gasteiger partial charge in [0.25, 0.3) is 0 Å². The molecule has 0 aliphatic carbocycles. The molecule has 0 bridgehead atoms. The summed E-state index contributed by atoms with van der Waals surface area (Å²) in [4.78, 5) is 21.2. The number of thioether (sulfide) groups is 1. The number of carbonyl (C=O) groups excluding carboxylic acids is 1. The first-order valence-electron chi connectivity index (χ1n) is 10.3. The van der Waals surface area contributed by atoms with Crippen molar-refractivity contribution in [2.24, 2.45) is 0 Å². The Bertz CT molecular complexity index is 1010. The van der Waals surface area contributed by atoms with Crippen LogP contribution < -0.4 is 15.0 Å². The number of piperazine rings is 1. The third-order valence-corrected chi connectivity index (χ3v) is 6.21. The van der Waals surface area contributed by atoms with Crippen LogP contribution in [0.3, 0.4) is 0 Å². The number of nitrogens with one attached hydrogen (secondary N) is 1. The van der Waals surface area contributed by atoms with Crippen molar-refractivity contribution in [3.63, 3.8) is 0 Å². The van der Waals surface area contributed by atoms with Crippen LogP contribution in [0.2, 0.25) is 0 Å². The number of nitrogens with zero attached hydrogens (tertiary/aromatic N) is 3. The highest BCUT2D eigenvalue weighted by Gasteiger charge is 2.23. The molecule has 1 aliphatic heterocycles. The Morgan fingerprint density at radius 2 is 1.84 bits per heavy atom. The van der Waals surface area contributed by atoms with Crippen molar-refractivity contribution >= 4 is 29.2 Å². The number of anilines is 2. The van der Waals surface area contributed by atoms with E-state index in [0.717, 1.165) is 46.6 Å². The summed E-state index contributed by atoms with van der Waals surface area (Å²) >= 11 is 1.68. The largest absolute Gasteiger partial charge is 0.495 e. The van der Waals surface area contributed by atoms with E-state index < -0.39 is 0 Å². The molecule has 0 spiro atoms. The lowest BCUT2D eigenvalue weighted by Gasteiger charge is -2.36. The van der Waals surface area contributed by atoms with E-state index >= 15 is 0 Å². The number of aromatic nitrogens is 1. The molecule has 1 fully saturated rings. The Morgan fingerprint density at radius 3 is 2.61 bits per heavy atom. The molecule has 1 saturated heterocycles. The quantitative estimate of drug-likeness (QED) is 0.568. The molecular formula is C24H26N4O2S. The third-order valence-electron chi connectivity index (χ3n) is 5.20. The molecular weight excluding hydrogens is 408 g/mol. The molecule has 6 nitrogen and oxygen atoms in total. The highest BCUT2D eigenvalue weighted by atomic mass is 32.2. The Labute approximate surface area is 187 Å². The number of hydrogen-bond donors (Lipinski definition) is 1. The molecule has 4 rings (SSSR count). The van der Waals surface area contributed by atoms with Gasteiger partial charge in [-0.25, -0.2) is 9.78 Å². The lowest BCUT2D eigenvalue weighted by molar-refractivity contribution is 0.208. The summed E-state index contributed by atoms with van der Waals surface area (Å²) in [6.45, 7) is 2.88. The van der Waals surface area contributed by atoms with Crippen LogP contribution in [0.25, 0.3) is 0 Å². The smallest absolute Gasteiger partial charge is 0.321 e. The van der Waals surface area contributed by atoms with Gasteiger partial charge in [-0.2, -0.15) is 0 Å². The molecule has 160 valence electrons. The van der Waals surface area contributed by atoms with Crippen LogP contribution in [0.4, 0.5) is 16.2 Å². The third kappa shape index (κ3) is 5.49. The normalized spacial score (nSPS) is 13.7. The van der Waals surface area contributed by atoms with Gasteiger partial charge in [-0.3, -0.25) is 0 Å². The molecule has 0 saturated carbocycles. The lowest BCUT2D eigenvalue weighted by atomic mass is 10.2. The maximum Gasteiger partial charge on any atom is 0.321 e. The second kappa shape index (κ2) is 10.2. The molecule has 2 heterocycles. The van der Waals surface area contributed by atoms with Crippen LogP contribution in [0.1, 0.15) is 5.56 Å². The molecule has 31 heavy (non-hydrogen) atoms. The number of rotatable bonds is 6. The summed E-state index contributed by atoms with van der Waals surface area (Å²) in [5.74, 6) is 1.67. The topological polar surface area (TPSA) is 57.7 Å². The van der Waals surface area contributed by atoms with E-state index in [1.54, 1.807) is 25.1 Å². The van der Waals surface area contributed by atoms with Crippen LogP contribution in [0.15, 0.2) is 78.0 Å². The van der Waals surface area contributed by atoms with E-state index in [1.807, 2.05) is 59.5 Å². The van der Waals surface area contributed by atoms with E-state index in [4.69, 9.17) is 4.74 Å². The molecule has 3 aromatic rings. The molecule has 2 aromatic carbocycles. The number of hydrogen-bond acceptors (Lipinski definition) is 5. The van der Waals surface area contributed by atoms with Crippen molar-refractivity contribution in [3.8, 4) is 5.75 Å². The Hall–Kier alpha value is -3.19. The SMILES string of the molecule is COc1ccccc1N1CCN(C(=O)Nc2cccc(CSc3ccccn3)c2)CC1. The first-order valence-corrected chi connectivity index (χ1v) is 11.3. The zero-order chi connectivity index (χ0) is 21.5. The predicted octanol–water partition coefficient (Wildman–Crippen LogP) is 4.74. The molecule has 1 aromatic heterocycles. The average molecular weight is 435 g/mol. The van der Waals surface area contributed by atoms with Crippen LogP contribution in [0.5, 0.6) is 5.75 Å². The van der Waals surface area contributed by atoms with Crippen molar-refractivity contribution in [2.75, 3.05) is 43.5 Å². The standard InChI is InChI=1S/C24H26N4O2S/c1-30-22-10-3-2-9-21(22)27-13-15-28(16-14-27)24(29)26-20-8-6-7-19(17-20)18-31-23-11-4-5-12-25-23/h2-12,17H,13-16,18H2,1H3,(H,26,29). The van der Waals surface area contributed by atoms with Crippen molar-refractivity contribution < 1.29 is 9.53 Å². The zero-order valence-corrected chi connectivity index (χ0v) is 18.3. The van der Waals surface area contributed by atoms with E-state index in [-0.39, 0.29) is 6.03 Å². The van der Waals surface area contributed by atoms with Gasteiger partial charge in [-0.1, -0.05) is 30.3 Å². The zero-order valence-electron chi connectivity index (χ0n) is 17.5. The summed E-state index contributed by atoms with van der Waals surface area (Å²) < 4.78 is 5.47. The van der Waals surface area contributed by atoms with Gasteiger partial charge in [-0.05, 0) is 42.0 Å². The number of benzene rings is 2. The predicted molar refractivity (Wildman–Crippen MR) is 126 cm³/mol. The summed E-state index contributed by atoms with van der Waals surface area (Å²) in [6, 6.07) is 21.8. The van der Waals surface area contributed by atoms with Gasteiger partial charge < -0.3 is 19.9 Å². The maximum absolute atomic E-state index is 12.8. The number of ether oxygens (including phenoxy) is 1. The van der Waals surface area contributed by atoms with Gasteiger partial charge in [0.2, 0.25) is 0 Å². The fourth-order valence-corrected chi connectivity index (χ4v) is 4.38. The van der Waals surface area contributed by atoms with Crippen molar-refractivity contribution in [1.29, 1.82) is 0 Å². The molecule has 2 amide bonds. The Morgan fingerprint density at radius 1 is 1.03 bits per heavy atom. The summed E-state index contributed by atoms with van der Waals surface area (Å²) in [6.07, 6.45) is 1.80. The van der Waals surface area contributed by atoms with Crippen LogP contribution in [-0.4, -0.2) is 49.2 Å². The highest BCUT2D eigenvalue weighted by molar-refractivity contribution is 7.98. The van der Waals surface area contributed by atoms with Gasteiger partial charge in [-0.15, -0.1) is 11.8 Å². The monoisotopic (exact) mass is 434 g/mol. The molecule has 1 N–H and O–H groups in total. The second-order valence-electron chi connectivity index (χ2n) is 7.23. The molecule has 7 heteroatoms. The van der Waals surface area contributed by atoms with E-state index in [1.165, 1.54) is 0 Å². The highest BCUT2D eigenvalue weighted by Crippen LogP contribution is 2.28. The van der Waals surface area contributed by atoms with Crippen molar-refractivity contribution in [3.05, 3.63) is 78.5 Å². The summed E-state index contributed by atoms with van der Waals surface area (Å²) in [5, 5.41) is 4.04. The van der Waals surface area contributed by atoms with E-state index in [9.17, 15) is 4.79 Å². The molecule has 0 unspecified atom stereocenters. The lowest BCUT2D eigenvalue weighted by Crippen LogP contribution is -2.50. The number of urea groups is 1. The van der Waals surface area contributed by atoms with E-state index in [0.29, 0.717) is 13.1 Å². The fourth-order valence-electron chi connectivity index (χ4n) is 3.57. The number of methoxy groups -OCH3 is 1. The molecule has 0 radical (unpaired) electrons. The van der Waals surface area contributed by atoms with Crippen molar-refractivity contribution in [1.82, 2.24) is 9.88 Å². The average Bonchev–Trinajstić information content (AvgIpc) is 2.84. The van der Waals surface area contributed by atoms with Gasteiger partial charge >= 0.3 is 6.03 Å². The van der Waals surface area contributed by atoms with Crippen molar-refractivity contribution in [2.45, 2.75) is 10.8 Å². The van der Waals surface area contributed by atoms with Gasteiger partial charge in [0.05, 0.1) is 17.8 Å². The van der Waals surface area contributed by atoms with Gasteiger partial charge in [0, 0.05) is 43.8 Å². The van der Waals surface area contributed by atoms with E-state index in [2.05, 4.69) is 27.3 Å². The first-order chi connectivity index (χ1) is 15.2. The maximum atomic E-state index is 12.8. The number of pyridine rings is 1. The number of para-hydroxylation sites is 2. The van der Waals surface area contributed by atoms with Crippen LogP contribution in [-0.2, 0) is 5.75 Å². The van der Waals surface area contributed by atoms with Gasteiger partial charge in [0.15, 0.2) is 0 Å². The fraction of sp³-hybridized carbons (Fsp3) is 0.250. The minimum absolute atomic E-state index is 0.0609. The minimum atomic E-state index is -0.0609. The van der Waals surface area contributed by atoms with Gasteiger partial charge in [0.1, 0.15) is 5.75 Å². The minimum Gasteiger partial charge on any atom is -0.495 e. The number of amides is 2. The number of carbonyl (C=O) groups is 1. The Balaban J connectivity index is 1.31. The summed E-state index contributed by atoms with van der Waals surface area (Å²) in [5.41, 5.74) is 3.04. The summed E-state index contributed by atoms with van der Waals surface area (Å²) in [7, 11) is 1.69.